The van der Waals surface area contributed by atoms with Crippen LogP contribution in [-0.2, 0) is 13.6 Å². The highest BCUT2D eigenvalue weighted by atomic mass is 79.9. The lowest BCUT2D eigenvalue weighted by molar-refractivity contribution is -0.384. The van der Waals surface area contributed by atoms with E-state index in [2.05, 4.69) is 26.3 Å². The zero-order chi connectivity index (χ0) is 15.6. The van der Waals surface area contributed by atoms with Crippen molar-refractivity contribution < 1.29 is 4.92 Å². The van der Waals surface area contributed by atoms with Crippen molar-refractivity contribution in [2.75, 3.05) is 5.32 Å². The number of nitro groups is 1. The summed E-state index contributed by atoms with van der Waals surface area (Å²) in [6.07, 6.45) is 0. The number of hydrogen-bond donors (Lipinski definition) is 1. The van der Waals surface area contributed by atoms with Crippen molar-refractivity contribution in [1.82, 2.24) is 9.78 Å². The number of hydrogen-bond acceptors (Lipinski definition) is 4. The van der Waals surface area contributed by atoms with Crippen LogP contribution in [0.3, 0.4) is 0 Å². The van der Waals surface area contributed by atoms with Gasteiger partial charge < -0.3 is 5.32 Å². The Hall–Kier alpha value is -1.89. The largest absolute Gasteiger partial charge is 0.360 e. The summed E-state index contributed by atoms with van der Waals surface area (Å²) in [7, 11) is 1.71. The number of rotatable bonds is 5. The molecule has 21 heavy (non-hydrogen) atoms. The standard InChI is InChI=1S/C14H17BrN4O2/c1-9(2)12-13(19(20)21)14(18(3)17-12)16-8-10-6-4-5-7-11(10)15/h4-7,9,16H,8H2,1-3H3. The van der Waals surface area contributed by atoms with Gasteiger partial charge in [0.15, 0.2) is 0 Å². The first-order valence-corrected chi connectivity index (χ1v) is 7.39. The van der Waals surface area contributed by atoms with E-state index in [1.807, 2.05) is 38.1 Å². The van der Waals surface area contributed by atoms with E-state index in [4.69, 9.17) is 0 Å². The molecule has 0 saturated heterocycles. The molecule has 0 unspecified atom stereocenters. The molecule has 0 bridgehead atoms. The van der Waals surface area contributed by atoms with Crippen LogP contribution in [0.2, 0.25) is 0 Å². The highest BCUT2D eigenvalue weighted by Gasteiger charge is 2.28. The Labute approximate surface area is 131 Å². The first kappa shape index (κ1) is 15.5. The molecule has 1 aromatic carbocycles. The van der Waals surface area contributed by atoms with Crippen molar-refractivity contribution in [2.24, 2.45) is 7.05 Å². The Bertz CT molecular complexity index is 667. The van der Waals surface area contributed by atoms with Gasteiger partial charge in [-0.2, -0.15) is 5.10 Å². The van der Waals surface area contributed by atoms with Crippen LogP contribution in [0.5, 0.6) is 0 Å². The SMILES string of the molecule is CC(C)c1nn(C)c(NCc2ccccc2Br)c1[N+](=O)[O-]. The predicted molar refractivity (Wildman–Crippen MR) is 85.4 cm³/mol. The van der Waals surface area contributed by atoms with E-state index in [1.54, 1.807) is 7.05 Å². The number of aryl methyl sites for hydroxylation is 1. The van der Waals surface area contributed by atoms with E-state index < -0.39 is 0 Å². The molecule has 6 nitrogen and oxygen atoms in total. The van der Waals surface area contributed by atoms with Gasteiger partial charge in [-0.3, -0.25) is 10.1 Å². The van der Waals surface area contributed by atoms with Gasteiger partial charge in [0.2, 0.25) is 5.82 Å². The topological polar surface area (TPSA) is 73.0 Å². The summed E-state index contributed by atoms with van der Waals surface area (Å²) in [6, 6.07) is 7.76. The van der Waals surface area contributed by atoms with Gasteiger partial charge in [-0.15, -0.1) is 0 Å². The number of benzene rings is 1. The molecule has 7 heteroatoms. The Morgan fingerprint density at radius 2 is 2.10 bits per heavy atom. The number of halogens is 1. The predicted octanol–water partition coefficient (Wildman–Crippen LogP) is 3.83. The monoisotopic (exact) mass is 352 g/mol. The fourth-order valence-corrected chi connectivity index (χ4v) is 2.55. The molecular formula is C14H17BrN4O2. The van der Waals surface area contributed by atoms with Crippen molar-refractivity contribution in [2.45, 2.75) is 26.3 Å². The first-order valence-electron chi connectivity index (χ1n) is 6.60. The second-order valence-corrected chi connectivity index (χ2v) is 5.92. The summed E-state index contributed by atoms with van der Waals surface area (Å²) >= 11 is 3.47. The van der Waals surface area contributed by atoms with E-state index in [1.165, 1.54) is 4.68 Å². The average molecular weight is 353 g/mol. The summed E-state index contributed by atoms with van der Waals surface area (Å²) < 4.78 is 2.50. The van der Waals surface area contributed by atoms with Crippen LogP contribution in [0, 0.1) is 10.1 Å². The maximum Gasteiger partial charge on any atom is 0.334 e. The third-order valence-corrected chi connectivity index (χ3v) is 3.96. The van der Waals surface area contributed by atoms with Crippen molar-refractivity contribution in [1.29, 1.82) is 0 Å². The highest BCUT2D eigenvalue weighted by molar-refractivity contribution is 9.10. The summed E-state index contributed by atoms with van der Waals surface area (Å²) in [5.74, 6) is 0.426. The lowest BCUT2D eigenvalue weighted by atomic mass is 10.1. The Balaban J connectivity index is 2.32. The molecule has 0 saturated carbocycles. The van der Waals surface area contributed by atoms with Crippen LogP contribution < -0.4 is 5.32 Å². The summed E-state index contributed by atoms with van der Waals surface area (Å²) in [5.41, 5.74) is 1.58. The van der Waals surface area contributed by atoms with Crippen LogP contribution >= 0.6 is 15.9 Å². The molecule has 0 aliphatic rings. The summed E-state index contributed by atoms with van der Waals surface area (Å²) in [5, 5.41) is 18.7. The molecule has 1 heterocycles. The second kappa shape index (κ2) is 6.26. The quantitative estimate of drug-likeness (QED) is 0.655. The van der Waals surface area contributed by atoms with E-state index in [-0.39, 0.29) is 16.5 Å². The highest BCUT2D eigenvalue weighted by Crippen LogP contribution is 2.33. The molecule has 0 radical (unpaired) electrons. The molecule has 0 atom stereocenters. The third kappa shape index (κ3) is 3.24. The van der Waals surface area contributed by atoms with Gasteiger partial charge in [-0.25, -0.2) is 4.68 Å². The fourth-order valence-electron chi connectivity index (χ4n) is 2.12. The Morgan fingerprint density at radius 3 is 2.67 bits per heavy atom. The molecule has 112 valence electrons. The van der Waals surface area contributed by atoms with Gasteiger partial charge in [-0.1, -0.05) is 48.0 Å². The lowest BCUT2D eigenvalue weighted by Gasteiger charge is -2.08. The average Bonchev–Trinajstić information content (AvgIpc) is 2.75. The van der Waals surface area contributed by atoms with Crippen LogP contribution in [-0.4, -0.2) is 14.7 Å². The van der Waals surface area contributed by atoms with Crippen LogP contribution in [0.4, 0.5) is 11.5 Å². The van der Waals surface area contributed by atoms with Crippen molar-refractivity contribution >= 4 is 27.4 Å². The summed E-state index contributed by atoms with van der Waals surface area (Å²) in [4.78, 5) is 11.0. The maximum atomic E-state index is 11.3. The van der Waals surface area contributed by atoms with E-state index >= 15 is 0 Å². The molecule has 0 fully saturated rings. The van der Waals surface area contributed by atoms with E-state index in [0.29, 0.717) is 18.1 Å². The molecule has 1 N–H and O–H groups in total. The Morgan fingerprint density at radius 1 is 1.43 bits per heavy atom. The van der Waals surface area contributed by atoms with Gasteiger partial charge in [-0.05, 0) is 11.6 Å². The van der Waals surface area contributed by atoms with Gasteiger partial charge in [0.05, 0.1) is 4.92 Å². The minimum absolute atomic E-state index is 0.00406. The molecule has 0 aliphatic heterocycles. The van der Waals surface area contributed by atoms with Gasteiger partial charge in [0.1, 0.15) is 5.69 Å². The van der Waals surface area contributed by atoms with Gasteiger partial charge >= 0.3 is 5.69 Å². The van der Waals surface area contributed by atoms with Crippen molar-refractivity contribution in [3.05, 3.63) is 50.1 Å². The van der Waals surface area contributed by atoms with E-state index in [0.717, 1.165) is 10.0 Å². The van der Waals surface area contributed by atoms with Gasteiger partial charge in [0, 0.05) is 24.0 Å². The minimum atomic E-state index is -0.370. The molecule has 2 aromatic rings. The molecule has 0 spiro atoms. The van der Waals surface area contributed by atoms with Crippen molar-refractivity contribution in [3.8, 4) is 0 Å². The maximum absolute atomic E-state index is 11.3. The smallest absolute Gasteiger partial charge is 0.334 e. The molecular weight excluding hydrogens is 336 g/mol. The molecule has 0 amide bonds. The number of nitrogens with one attached hydrogen (secondary N) is 1. The van der Waals surface area contributed by atoms with Crippen LogP contribution in [0.1, 0.15) is 31.0 Å². The third-order valence-electron chi connectivity index (χ3n) is 3.18. The second-order valence-electron chi connectivity index (χ2n) is 5.06. The normalized spacial score (nSPS) is 10.9. The zero-order valence-corrected chi connectivity index (χ0v) is 13.7. The van der Waals surface area contributed by atoms with Crippen LogP contribution in [0.25, 0.3) is 0 Å². The molecule has 1 aromatic heterocycles. The first-order chi connectivity index (χ1) is 9.91. The lowest BCUT2D eigenvalue weighted by Crippen LogP contribution is -2.06. The fraction of sp³-hybridized carbons (Fsp3) is 0.357. The zero-order valence-electron chi connectivity index (χ0n) is 12.1. The van der Waals surface area contributed by atoms with Crippen LogP contribution in [0.15, 0.2) is 28.7 Å². The number of aromatic nitrogens is 2. The van der Waals surface area contributed by atoms with Gasteiger partial charge in [0.25, 0.3) is 0 Å². The van der Waals surface area contributed by atoms with Crippen molar-refractivity contribution in [3.63, 3.8) is 0 Å². The minimum Gasteiger partial charge on any atom is -0.360 e. The molecule has 2 rings (SSSR count). The number of nitrogens with zero attached hydrogens (tertiary/aromatic N) is 3. The Kier molecular flexibility index (Phi) is 4.62. The summed E-state index contributed by atoms with van der Waals surface area (Å²) in [6.45, 7) is 4.28. The molecule has 0 aliphatic carbocycles. The van der Waals surface area contributed by atoms with E-state index in [9.17, 15) is 10.1 Å². The number of anilines is 1.